The first-order valence-corrected chi connectivity index (χ1v) is 7.66. The molecule has 0 aromatic heterocycles. The maximum atomic E-state index is 13.0. The molecule has 0 fully saturated rings. The van der Waals surface area contributed by atoms with Crippen LogP contribution in [-0.2, 0) is 4.79 Å². The third-order valence-corrected chi connectivity index (χ3v) is 3.78. The molecule has 0 bridgehead atoms. The summed E-state index contributed by atoms with van der Waals surface area (Å²) < 4.78 is 42.2. The van der Waals surface area contributed by atoms with E-state index in [1.165, 1.54) is 30.3 Å². The van der Waals surface area contributed by atoms with Crippen LogP contribution >= 0.6 is 0 Å². The number of carbonyl (C=O) groups excluding carboxylic acids is 1. The fourth-order valence-corrected chi connectivity index (χ4v) is 2.32. The summed E-state index contributed by atoms with van der Waals surface area (Å²) >= 11 is 0. The molecule has 2 aromatic rings. The van der Waals surface area contributed by atoms with Crippen LogP contribution in [0.5, 0.6) is 5.75 Å². The summed E-state index contributed by atoms with van der Waals surface area (Å²) in [5, 5.41) is 2.56. The average molecular weight is 352 g/mol. The molecule has 1 N–H and O–H groups in total. The van der Waals surface area contributed by atoms with E-state index < -0.39 is 6.61 Å². The first-order chi connectivity index (χ1) is 11.9. The zero-order valence-electron chi connectivity index (χ0n) is 13.9. The molecule has 2 rings (SSSR count). The number of carbonyl (C=O) groups is 1. The number of nitrogens with zero attached hydrogens (tertiary/aromatic N) is 1. The Balaban J connectivity index is 1.99. The maximum absolute atomic E-state index is 13.0. The van der Waals surface area contributed by atoms with Crippen molar-refractivity contribution in [2.24, 2.45) is 0 Å². The Kier molecular flexibility index (Phi) is 6.41. The van der Waals surface area contributed by atoms with Crippen LogP contribution in [0.4, 0.5) is 18.9 Å². The highest BCUT2D eigenvalue weighted by Gasteiger charge is 2.17. The Labute approximate surface area is 144 Å². The van der Waals surface area contributed by atoms with E-state index in [4.69, 9.17) is 0 Å². The highest BCUT2D eigenvalue weighted by Crippen LogP contribution is 2.25. The number of rotatable bonds is 7. The molecule has 0 aliphatic rings. The van der Waals surface area contributed by atoms with Gasteiger partial charge in [-0.25, -0.2) is 4.39 Å². The number of alkyl halides is 2. The Bertz CT molecular complexity index is 708. The van der Waals surface area contributed by atoms with Crippen LogP contribution in [0, 0.1) is 5.82 Å². The van der Waals surface area contributed by atoms with E-state index in [1.807, 2.05) is 6.92 Å². The SMILES string of the molecule is CC(c1ccc(F)cc1)N(C)CC(=O)Nc1ccccc1OC(F)F. The standard InChI is InChI=1S/C18H19F3N2O2/c1-12(13-7-9-14(19)10-8-13)23(2)11-17(24)22-15-5-3-4-6-16(15)25-18(20)21/h3-10,12,18H,11H2,1-2H3,(H,22,24). The van der Waals surface area contributed by atoms with E-state index >= 15 is 0 Å². The van der Waals surface area contributed by atoms with Gasteiger partial charge < -0.3 is 10.1 Å². The number of nitrogens with one attached hydrogen (secondary N) is 1. The molecule has 2 aromatic carbocycles. The van der Waals surface area contributed by atoms with Crippen LogP contribution in [0.3, 0.4) is 0 Å². The van der Waals surface area contributed by atoms with Crippen molar-refractivity contribution in [3.05, 3.63) is 59.9 Å². The third kappa shape index (κ3) is 5.49. The quantitative estimate of drug-likeness (QED) is 0.817. The monoisotopic (exact) mass is 352 g/mol. The van der Waals surface area contributed by atoms with Gasteiger partial charge in [-0.1, -0.05) is 24.3 Å². The lowest BCUT2D eigenvalue weighted by atomic mass is 10.1. The van der Waals surface area contributed by atoms with Crippen molar-refractivity contribution in [3.8, 4) is 5.75 Å². The average Bonchev–Trinajstić information content (AvgIpc) is 2.56. The second-order valence-electron chi connectivity index (χ2n) is 5.57. The molecule has 0 saturated heterocycles. The van der Waals surface area contributed by atoms with Crippen LogP contribution in [0.2, 0.25) is 0 Å². The van der Waals surface area contributed by atoms with Crippen molar-refractivity contribution in [1.29, 1.82) is 0 Å². The Hall–Kier alpha value is -2.54. The number of hydrogen-bond donors (Lipinski definition) is 1. The molecule has 134 valence electrons. The molecule has 1 unspecified atom stereocenters. The van der Waals surface area contributed by atoms with E-state index in [0.29, 0.717) is 0 Å². The number of amides is 1. The minimum Gasteiger partial charge on any atom is -0.433 e. The van der Waals surface area contributed by atoms with Crippen molar-refractivity contribution < 1.29 is 22.7 Å². The molecule has 7 heteroatoms. The fraction of sp³-hybridized carbons (Fsp3) is 0.278. The summed E-state index contributed by atoms with van der Waals surface area (Å²) in [5.41, 5.74) is 1.04. The molecule has 1 amide bonds. The molecular formula is C18H19F3N2O2. The summed E-state index contributed by atoms with van der Waals surface area (Å²) in [4.78, 5) is 14.0. The summed E-state index contributed by atoms with van der Waals surface area (Å²) in [7, 11) is 1.75. The molecule has 0 heterocycles. The predicted octanol–water partition coefficient (Wildman–Crippen LogP) is 4.06. The second kappa shape index (κ2) is 8.53. The highest BCUT2D eigenvalue weighted by molar-refractivity contribution is 5.93. The van der Waals surface area contributed by atoms with Gasteiger partial charge in [-0.05, 0) is 43.8 Å². The largest absolute Gasteiger partial charge is 0.433 e. The second-order valence-corrected chi connectivity index (χ2v) is 5.57. The molecule has 25 heavy (non-hydrogen) atoms. The minimum absolute atomic E-state index is 0.0293. The number of halogens is 3. The molecule has 0 spiro atoms. The van der Waals surface area contributed by atoms with Gasteiger partial charge in [-0.15, -0.1) is 0 Å². The van der Waals surface area contributed by atoms with Gasteiger partial charge in [0.15, 0.2) is 0 Å². The van der Waals surface area contributed by atoms with E-state index in [1.54, 1.807) is 30.1 Å². The van der Waals surface area contributed by atoms with Gasteiger partial charge in [0.2, 0.25) is 5.91 Å². The number of anilines is 1. The zero-order valence-corrected chi connectivity index (χ0v) is 13.9. The van der Waals surface area contributed by atoms with E-state index in [0.717, 1.165) is 5.56 Å². The molecule has 4 nitrogen and oxygen atoms in total. The van der Waals surface area contributed by atoms with E-state index in [2.05, 4.69) is 10.1 Å². The van der Waals surface area contributed by atoms with Gasteiger partial charge in [0.25, 0.3) is 0 Å². The first-order valence-electron chi connectivity index (χ1n) is 7.66. The normalized spacial score (nSPS) is 12.3. The fourth-order valence-electron chi connectivity index (χ4n) is 2.32. The van der Waals surface area contributed by atoms with Gasteiger partial charge in [0, 0.05) is 6.04 Å². The van der Waals surface area contributed by atoms with Crippen LogP contribution in [-0.4, -0.2) is 31.0 Å². The lowest BCUT2D eigenvalue weighted by molar-refractivity contribution is -0.117. The summed E-state index contributed by atoms with van der Waals surface area (Å²) in [6, 6.07) is 11.9. The lowest BCUT2D eigenvalue weighted by Crippen LogP contribution is -2.32. The Morgan fingerprint density at radius 2 is 1.80 bits per heavy atom. The van der Waals surface area contributed by atoms with Crippen LogP contribution in [0.1, 0.15) is 18.5 Å². The molecule has 0 saturated carbocycles. The molecule has 1 atom stereocenters. The molecule has 0 radical (unpaired) electrons. The summed E-state index contributed by atoms with van der Waals surface area (Å²) in [5.74, 6) is -0.797. The topological polar surface area (TPSA) is 41.6 Å². The van der Waals surface area contributed by atoms with Crippen LogP contribution < -0.4 is 10.1 Å². The van der Waals surface area contributed by atoms with Crippen molar-refractivity contribution in [3.63, 3.8) is 0 Å². The van der Waals surface area contributed by atoms with Crippen LogP contribution in [0.25, 0.3) is 0 Å². The molecular weight excluding hydrogens is 333 g/mol. The Morgan fingerprint density at radius 1 is 1.16 bits per heavy atom. The first kappa shape index (κ1) is 18.8. The number of benzene rings is 2. The predicted molar refractivity (Wildman–Crippen MR) is 89.1 cm³/mol. The maximum Gasteiger partial charge on any atom is 0.387 e. The lowest BCUT2D eigenvalue weighted by Gasteiger charge is -2.24. The third-order valence-electron chi connectivity index (χ3n) is 3.78. The summed E-state index contributed by atoms with van der Waals surface area (Å²) in [6.07, 6.45) is 0. The smallest absolute Gasteiger partial charge is 0.387 e. The number of ether oxygens (including phenoxy) is 1. The van der Waals surface area contributed by atoms with Gasteiger partial charge >= 0.3 is 6.61 Å². The van der Waals surface area contributed by atoms with E-state index in [-0.39, 0.29) is 35.7 Å². The number of likely N-dealkylation sites (N-methyl/N-ethyl adjacent to an activating group) is 1. The molecule has 0 aliphatic heterocycles. The van der Waals surface area contributed by atoms with Crippen LogP contribution in [0.15, 0.2) is 48.5 Å². The minimum atomic E-state index is -2.97. The van der Waals surface area contributed by atoms with Gasteiger partial charge in [-0.2, -0.15) is 8.78 Å². The van der Waals surface area contributed by atoms with Crippen molar-refractivity contribution in [2.75, 3.05) is 18.9 Å². The zero-order chi connectivity index (χ0) is 18.4. The number of para-hydroxylation sites is 2. The molecule has 0 aliphatic carbocycles. The number of hydrogen-bond acceptors (Lipinski definition) is 3. The summed E-state index contributed by atoms with van der Waals surface area (Å²) in [6.45, 7) is -1.06. The van der Waals surface area contributed by atoms with E-state index in [9.17, 15) is 18.0 Å². The van der Waals surface area contributed by atoms with Gasteiger partial charge in [0.05, 0.1) is 12.2 Å². The Morgan fingerprint density at radius 3 is 2.44 bits per heavy atom. The van der Waals surface area contributed by atoms with Crippen molar-refractivity contribution >= 4 is 11.6 Å². The van der Waals surface area contributed by atoms with Crippen molar-refractivity contribution in [2.45, 2.75) is 19.6 Å². The van der Waals surface area contributed by atoms with Gasteiger partial charge in [-0.3, -0.25) is 9.69 Å². The highest BCUT2D eigenvalue weighted by atomic mass is 19.3. The van der Waals surface area contributed by atoms with Crippen molar-refractivity contribution in [1.82, 2.24) is 4.90 Å². The van der Waals surface area contributed by atoms with Gasteiger partial charge in [0.1, 0.15) is 11.6 Å².